The van der Waals surface area contributed by atoms with E-state index >= 15 is 0 Å². The first-order chi connectivity index (χ1) is 8.74. The second-order valence-electron chi connectivity index (χ2n) is 3.92. The van der Waals surface area contributed by atoms with E-state index in [1.807, 2.05) is 12.1 Å². The number of hydrogen-bond acceptors (Lipinski definition) is 5. The van der Waals surface area contributed by atoms with Gasteiger partial charge in [0.15, 0.2) is 0 Å². The van der Waals surface area contributed by atoms with Crippen LogP contribution in [0.3, 0.4) is 0 Å². The molecule has 0 aliphatic heterocycles. The Bertz CT molecular complexity index is 333. The molecule has 5 nitrogen and oxygen atoms in total. The SMILES string of the molecule is COCCCOCC(O)COc1ccccc1N. The lowest BCUT2D eigenvalue weighted by atomic mass is 10.3. The van der Waals surface area contributed by atoms with E-state index in [2.05, 4.69) is 0 Å². The number of hydrogen-bond donors (Lipinski definition) is 2. The van der Waals surface area contributed by atoms with Gasteiger partial charge in [-0.25, -0.2) is 0 Å². The molecule has 18 heavy (non-hydrogen) atoms. The second kappa shape index (κ2) is 8.74. The highest BCUT2D eigenvalue weighted by molar-refractivity contribution is 5.51. The molecule has 0 bridgehead atoms. The zero-order valence-electron chi connectivity index (χ0n) is 10.7. The molecule has 0 amide bonds. The van der Waals surface area contributed by atoms with Crippen LogP contribution in [0.2, 0.25) is 0 Å². The average molecular weight is 255 g/mol. The van der Waals surface area contributed by atoms with E-state index in [0.717, 1.165) is 6.42 Å². The minimum Gasteiger partial charge on any atom is -0.489 e. The van der Waals surface area contributed by atoms with Gasteiger partial charge in [0.2, 0.25) is 0 Å². The molecule has 0 saturated heterocycles. The maximum Gasteiger partial charge on any atom is 0.142 e. The van der Waals surface area contributed by atoms with Gasteiger partial charge in [0.05, 0.1) is 12.3 Å². The van der Waals surface area contributed by atoms with Crippen LogP contribution in [-0.2, 0) is 9.47 Å². The molecule has 0 aliphatic rings. The summed E-state index contributed by atoms with van der Waals surface area (Å²) >= 11 is 0. The summed E-state index contributed by atoms with van der Waals surface area (Å²) in [6.45, 7) is 1.64. The molecule has 1 aromatic rings. The summed E-state index contributed by atoms with van der Waals surface area (Å²) in [4.78, 5) is 0. The van der Waals surface area contributed by atoms with Crippen molar-refractivity contribution in [3.63, 3.8) is 0 Å². The highest BCUT2D eigenvalue weighted by Gasteiger charge is 2.06. The minimum absolute atomic E-state index is 0.165. The Morgan fingerprint density at radius 2 is 2.00 bits per heavy atom. The van der Waals surface area contributed by atoms with Crippen LogP contribution >= 0.6 is 0 Å². The quantitative estimate of drug-likeness (QED) is 0.510. The van der Waals surface area contributed by atoms with Gasteiger partial charge in [-0.2, -0.15) is 0 Å². The number of methoxy groups -OCH3 is 1. The van der Waals surface area contributed by atoms with E-state index in [0.29, 0.717) is 24.7 Å². The van der Waals surface area contributed by atoms with Crippen LogP contribution in [-0.4, -0.2) is 44.7 Å². The number of para-hydroxylation sites is 2. The number of anilines is 1. The Hall–Kier alpha value is -1.30. The molecule has 0 aromatic heterocycles. The average Bonchev–Trinajstić information content (AvgIpc) is 2.37. The lowest BCUT2D eigenvalue weighted by Crippen LogP contribution is -2.24. The van der Waals surface area contributed by atoms with Gasteiger partial charge in [-0.1, -0.05) is 12.1 Å². The summed E-state index contributed by atoms with van der Waals surface area (Å²) in [5.74, 6) is 0.580. The topological polar surface area (TPSA) is 73.9 Å². The first-order valence-electron chi connectivity index (χ1n) is 5.96. The van der Waals surface area contributed by atoms with E-state index in [4.69, 9.17) is 19.9 Å². The molecule has 1 atom stereocenters. The second-order valence-corrected chi connectivity index (χ2v) is 3.92. The summed E-state index contributed by atoms with van der Waals surface area (Å²) in [6.07, 6.45) is 0.155. The normalized spacial score (nSPS) is 12.3. The third-order valence-corrected chi connectivity index (χ3v) is 2.30. The molecule has 0 aliphatic carbocycles. The molecule has 102 valence electrons. The van der Waals surface area contributed by atoms with Gasteiger partial charge < -0.3 is 25.1 Å². The minimum atomic E-state index is -0.660. The van der Waals surface area contributed by atoms with Gasteiger partial charge in [0.25, 0.3) is 0 Å². The summed E-state index contributed by atoms with van der Waals surface area (Å²) in [7, 11) is 1.65. The third-order valence-electron chi connectivity index (χ3n) is 2.30. The van der Waals surface area contributed by atoms with Crippen molar-refractivity contribution in [2.45, 2.75) is 12.5 Å². The van der Waals surface area contributed by atoms with Crippen LogP contribution in [0.25, 0.3) is 0 Å². The van der Waals surface area contributed by atoms with Crippen LogP contribution in [0.4, 0.5) is 5.69 Å². The summed E-state index contributed by atoms with van der Waals surface area (Å²) in [5.41, 5.74) is 6.27. The van der Waals surface area contributed by atoms with Crippen LogP contribution in [0, 0.1) is 0 Å². The molecule has 0 fully saturated rings. The number of nitrogen functional groups attached to an aromatic ring is 1. The Labute approximate surface area is 107 Å². The smallest absolute Gasteiger partial charge is 0.142 e. The fourth-order valence-electron chi connectivity index (χ4n) is 1.37. The van der Waals surface area contributed by atoms with Crippen molar-refractivity contribution < 1.29 is 19.3 Å². The molecule has 0 saturated carbocycles. The number of aliphatic hydroxyl groups is 1. The van der Waals surface area contributed by atoms with Crippen LogP contribution < -0.4 is 10.5 Å². The number of nitrogens with two attached hydrogens (primary N) is 1. The number of aliphatic hydroxyl groups excluding tert-OH is 1. The van der Waals surface area contributed by atoms with Crippen LogP contribution in [0.1, 0.15) is 6.42 Å². The van der Waals surface area contributed by atoms with Crippen molar-refractivity contribution >= 4 is 5.69 Å². The summed E-state index contributed by atoms with van der Waals surface area (Å²) < 4.78 is 15.6. The molecule has 1 rings (SSSR count). The molecular weight excluding hydrogens is 234 g/mol. The zero-order valence-corrected chi connectivity index (χ0v) is 10.7. The lowest BCUT2D eigenvalue weighted by Gasteiger charge is -2.13. The van der Waals surface area contributed by atoms with Gasteiger partial charge in [-0.3, -0.25) is 0 Å². The van der Waals surface area contributed by atoms with Crippen molar-refractivity contribution in [2.75, 3.05) is 39.3 Å². The van der Waals surface area contributed by atoms with E-state index in [9.17, 15) is 5.11 Å². The molecular formula is C13H21NO4. The first-order valence-corrected chi connectivity index (χ1v) is 5.96. The molecule has 1 unspecified atom stereocenters. The highest BCUT2D eigenvalue weighted by Crippen LogP contribution is 2.19. The molecule has 0 heterocycles. The Balaban J connectivity index is 2.13. The molecule has 0 radical (unpaired) electrons. The number of rotatable bonds is 9. The van der Waals surface area contributed by atoms with E-state index in [1.165, 1.54) is 0 Å². The lowest BCUT2D eigenvalue weighted by molar-refractivity contribution is 0.00695. The Kier molecular flexibility index (Phi) is 7.17. The monoisotopic (exact) mass is 255 g/mol. The third kappa shape index (κ3) is 5.86. The predicted molar refractivity (Wildman–Crippen MR) is 69.7 cm³/mol. The van der Waals surface area contributed by atoms with Crippen molar-refractivity contribution in [2.24, 2.45) is 0 Å². The van der Waals surface area contributed by atoms with E-state index in [1.54, 1.807) is 19.2 Å². The largest absolute Gasteiger partial charge is 0.489 e. The first kappa shape index (κ1) is 14.8. The Morgan fingerprint density at radius 1 is 1.22 bits per heavy atom. The number of ether oxygens (including phenoxy) is 3. The fraction of sp³-hybridized carbons (Fsp3) is 0.538. The van der Waals surface area contributed by atoms with Crippen LogP contribution in [0.5, 0.6) is 5.75 Å². The molecule has 5 heteroatoms. The summed E-state index contributed by atoms with van der Waals surface area (Å²) in [5, 5.41) is 9.64. The standard InChI is InChI=1S/C13H21NO4/c1-16-7-4-8-17-9-11(15)10-18-13-6-3-2-5-12(13)14/h2-3,5-6,11,15H,4,7-10,14H2,1H3. The predicted octanol–water partition coefficient (Wildman–Crippen LogP) is 1.06. The van der Waals surface area contributed by atoms with Gasteiger partial charge in [0.1, 0.15) is 18.5 Å². The maximum atomic E-state index is 9.64. The highest BCUT2D eigenvalue weighted by atomic mass is 16.5. The van der Waals surface area contributed by atoms with Crippen molar-refractivity contribution in [1.29, 1.82) is 0 Å². The van der Waals surface area contributed by atoms with Crippen molar-refractivity contribution in [3.8, 4) is 5.75 Å². The van der Waals surface area contributed by atoms with Crippen molar-refractivity contribution in [3.05, 3.63) is 24.3 Å². The molecule has 0 spiro atoms. The van der Waals surface area contributed by atoms with Gasteiger partial charge in [0, 0.05) is 20.3 Å². The van der Waals surface area contributed by atoms with Gasteiger partial charge in [-0.15, -0.1) is 0 Å². The Morgan fingerprint density at radius 3 is 2.72 bits per heavy atom. The van der Waals surface area contributed by atoms with Gasteiger partial charge in [-0.05, 0) is 18.6 Å². The van der Waals surface area contributed by atoms with Gasteiger partial charge >= 0.3 is 0 Å². The molecule has 1 aromatic carbocycles. The fourth-order valence-corrected chi connectivity index (χ4v) is 1.37. The van der Waals surface area contributed by atoms with E-state index < -0.39 is 6.10 Å². The van der Waals surface area contributed by atoms with Crippen LogP contribution in [0.15, 0.2) is 24.3 Å². The van der Waals surface area contributed by atoms with Crippen molar-refractivity contribution in [1.82, 2.24) is 0 Å². The summed E-state index contributed by atoms with van der Waals surface area (Å²) in [6, 6.07) is 7.18. The molecule has 3 N–H and O–H groups in total. The number of benzene rings is 1. The van der Waals surface area contributed by atoms with E-state index in [-0.39, 0.29) is 13.2 Å². The zero-order chi connectivity index (χ0) is 13.2. The maximum absolute atomic E-state index is 9.64.